The number of aromatic amines is 1. The van der Waals surface area contributed by atoms with Crippen molar-refractivity contribution in [3.63, 3.8) is 0 Å². The fourth-order valence-electron chi connectivity index (χ4n) is 1.49. The van der Waals surface area contributed by atoms with Crippen molar-refractivity contribution in [1.82, 2.24) is 25.5 Å². The summed E-state index contributed by atoms with van der Waals surface area (Å²) in [6.07, 6.45) is 5.87. The summed E-state index contributed by atoms with van der Waals surface area (Å²) in [7, 11) is 0. The lowest BCUT2D eigenvalue weighted by Gasteiger charge is -1.96. The molecule has 18 heavy (non-hydrogen) atoms. The number of hydrogen-bond donors (Lipinski definition) is 2. The molecular formula is C11H12ClN5O. The van der Waals surface area contributed by atoms with Gasteiger partial charge in [0.2, 0.25) is 5.91 Å². The molecular weight excluding hydrogens is 254 g/mol. The maximum atomic E-state index is 10.7. The minimum Gasteiger partial charge on any atom is -0.356 e. The van der Waals surface area contributed by atoms with Crippen molar-refractivity contribution in [2.75, 3.05) is 6.54 Å². The van der Waals surface area contributed by atoms with E-state index in [0.29, 0.717) is 22.7 Å². The largest absolute Gasteiger partial charge is 0.356 e. The lowest BCUT2D eigenvalue weighted by Crippen LogP contribution is -2.20. The van der Waals surface area contributed by atoms with E-state index in [0.717, 1.165) is 12.1 Å². The molecule has 0 bridgehead atoms. The van der Waals surface area contributed by atoms with E-state index in [9.17, 15) is 4.79 Å². The Morgan fingerprint density at radius 1 is 1.56 bits per heavy atom. The highest BCUT2D eigenvalue weighted by atomic mass is 35.5. The maximum Gasteiger partial charge on any atom is 0.216 e. The molecule has 0 radical (unpaired) electrons. The van der Waals surface area contributed by atoms with Crippen LogP contribution in [-0.2, 0) is 4.79 Å². The lowest BCUT2D eigenvalue weighted by molar-refractivity contribution is -0.118. The Bertz CT molecular complexity index is 592. The Hall–Kier alpha value is -1.95. The lowest BCUT2D eigenvalue weighted by atomic mass is 10.2. The van der Waals surface area contributed by atoms with Gasteiger partial charge in [0.15, 0.2) is 5.65 Å². The van der Waals surface area contributed by atoms with E-state index in [1.54, 1.807) is 0 Å². The number of nitrogens with one attached hydrogen (secondary N) is 2. The molecule has 0 aliphatic carbocycles. The summed E-state index contributed by atoms with van der Waals surface area (Å²) < 4.78 is 0. The molecule has 2 aromatic rings. The standard InChI is InChI=1S/C11H12ClN5O/c1-7(18)13-5-3-2-4-8-9-10(12)14-6-15-11(9)17-16-8/h2,4,6H,3,5H2,1H3,(H,13,18)(H,14,15,16,17). The number of aromatic nitrogens is 4. The first-order valence-corrected chi connectivity index (χ1v) is 5.82. The SMILES string of the molecule is CC(=O)NCCC=Cc1[nH]nc2ncnc(Cl)c12. The Kier molecular flexibility index (Phi) is 3.88. The van der Waals surface area contributed by atoms with Gasteiger partial charge in [-0.25, -0.2) is 9.97 Å². The van der Waals surface area contributed by atoms with Crippen molar-refractivity contribution >= 4 is 34.6 Å². The van der Waals surface area contributed by atoms with Crippen LogP contribution in [0.5, 0.6) is 0 Å². The van der Waals surface area contributed by atoms with Crippen molar-refractivity contribution in [3.05, 3.63) is 23.3 Å². The van der Waals surface area contributed by atoms with Gasteiger partial charge in [-0.05, 0) is 12.5 Å². The summed E-state index contributed by atoms with van der Waals surface area (Å²) in [6.45, 7) is 2.09. The van der Waals surface area contributed by atoms with Crippen LogP contribution >= 0.6 is 11.6 Å². The second-order valence-corrected chi connectivity index (χ2v) is 4.03. The normalized spacial score (nSPS) is 11.2. The smallest absolute Gasteiger partial charge is 0.216 e. The van der Waals surface area contributed by atoms with Crippen LogP contribution < -0.4 is 5.32 Å². The van der Waals surface area contributed by atoms with Crippen molar-refractivity contribution < 1.29 is 4.79 Å². The third kappa shape index (κ3) is 2.84. The molecule has 0 spiro atoms. The number of halogens is 1. The molecule has 0 saturated carbocycles. The highest BCUT2D eigenvalue weighted by molar-refractivity contribution is 6.34. The average Bonchev–Trinajstić information content (AvgIpc) is 2.73. The van der Waals surface area contributed by atoms with E-state index >= 15 is 0 Å². The third-order valence-corrected chi connectivity index (χ3v) is 2.59. The van der Waals surface area contributed by atoms with Gasteiger partial charge in [0.05, 0.1) is 11.1 Å². The van der Waals surface area contributed by atoms with Crippen LogP contribution in [0.4, 0.5) is 0 Å². The molecule has 0 unspecified atom stereocenters. The molecule has 0 fully saturated rings. The fourth-order valence-corrected chi connectivity index (χ4v) is 1.72. The highest BCUT2D eigenvalue weighted by Crippen LogP contribution is 2.21. The molecule has 2 rings (SSSR count). The van der Waals surface area contributed by atoms with E-state index in [1.807, 2.05) is 12.2 Å². The molecule has 6 nitrogen and oxygen atoms in total. The van der Waals surface area contributed by atoms with Crippen LogP contribution in [0, 0.1) is 0 Å². The molecule has 0 atom stereocenters. The highest BCUT2D eigenvalue weighted by Gasteiger charge is 2.08. The number of carbonyl (C=O) groups excluding carboxylic acids is 1. The number of nitrogens with zero attached hydrogens (tertiary/aromatic N) is 3. The van der Waals surface area contributed by atoms with Crippen molar-refractivity contribution in [2.24, 2.45) is 0 Å². The second-order valence-electron chi connectivity index (χ2n) is 3.67. The molecule has 0 aliphatic rings. The number of hydrogen-bond acceptors (Lipinski definition) is 4. The minimum atomic E-state index is -0.0353. The monoisotopic (exact) mass is 265 g/mol. The van der Waals surface area contributed by atoms with E-state index < -0.39 is 0 Å². The first kappa shape index (κ1) is 12.5. The van der Waals surface area contributed by atoms with Crippen LogP contribution in [0.15, 0.2) is 12.4 Å². The van der Waals surface area contributed by atoms with Gasteiger partial charge in [-0.2, -0.15) is 5.10 Å². The number of H-pyrrole nitrogens is 1. The van der Waals surface area contributed by atoms with Gasteiger partial charge in [0, 0.05) is 13.5 Å². The number of amides is 1. The van der Waals surface area contributed by atoms with Crippen LogP contribution in [-0.4, -0.2) is 32.6 Å². The Morgan fingerprint density at radius 2 is 2.39 bits per heavy atom. The van der Waals surface area contributed by atoms with Gasteiger partial charge in [-0.15, -0.1) is 0 Å². The Labute approximate surface area is 108 Å². The van der Waals surface area contributed by atoms with Gasteiger partial charge < -0.3 is 5.32 Å². The van der Waals surface area contributed by atoms with Gasteiger partial charge in [-0.3, -0.25) is 9.89 Å². The molecule has 0 aromatic carbocycles. The quantitative estimate of drug-likeness (QED) is 0.649. The first-order chi connectivity index (χ1) is 8.68. The summed E-state index contributed by atoms with van der Waals surface area (Å²) in [5.74, 6) is -0.0353. The van der Waals surface area contributed by atoms with Crippen LogP contribution in [0.25, 0.3) is 17.1 Å². The predicted octanol–water partition coefficient (Wildman–Crippen LogP) is 1.55. The molecule has 0 aliphatic heterocycles. The van der Waals surface area contributed by atoms with E-state index in [-0.39, 0.29) is 5.91 Å². The zero-order chi connectivity index (χ0) is 13.0. The van der Waals surface area contributed by atoms with Crippen molar-refractivity contribution in [3.8, 4) is 0 Å². The Balaban J connectivity index is 2.08. The van der Waals surface area contributed by atoms with Gasteiger partial charge in [0.25, 0.3) is 0 Å². The van der Waals surface area contributed by atoms with Gasteiger partial charge in [-0.1, -0.05) is 17.7 Å². The molecule has 1 amide bonds. The van der Waals surface area contributed by atoms with Gasteiger partial charge >= 0.3 is 0 Å². The summed E-state index contributed by atoms with van der Waals surface area (Å²) in [4.78, 5) is 18.6. The molecule has 7 heteroatoms. The van der Waals surface area contributed by atoms with Crippen molar-refractivity contribution in [2.45, 2.75) is 13.3 Å². The predicted molar refractivity (Wildman–Crippen MR) is 69.0 cm³/mol. The summed E-state index contributed by atoms with van der Waals surface area (Å²) in [6, 6.07) is 0. The minimum absolute atomic E-state index is 0.0353. The average molecular weight is 266 g/mol. The van der Waals surface area contributed by atoms with Crippen molar-refractivity contribution in [1.29, 1.82) is 0 Å². The summed E-state index contributed by atoms with van der Waals surface area (Å²) in [5, 5.41) is 10.6. The van der Waals surface area contributed by atoms with E-state index in [1.165, 1.54) is 13.3 Å². The fraction of sp³-hybridized carbons (Fsp3) is 0.273. The number of fused-ring (bicyclic) bond motifs is 1. The molecule has 2 N–H and O–H groups in total. The zero-order valence-electron chi connectivity index (χ0n) is 9.77. The molecule has 2 heterocycles. The van der Waals surface area contributed by atoms with Gasteiger partial charge in [0.1, 0.15) is 11.5 Å². The third-order valence-electron chi connectivity index (χ3n) is 2.30. The zero-order valence-corrected chi connectivity index (χ0v) is 10.5. The molecule has 0 saturated heterocycles. The molecule has 2 aromatic heterocycles. The number of carbonyl (C=O) groups is 1. The molecule has 94 valence electrons. The number of rotatable bonds is 4. The maximum absolute atomic E-state index is 10.7. The Morgan fingerprint density at radius 3 is 3.17 bits per heavy atom. The van der Waals surface area contributed by atoms with E-state index in [2.05, 4.69) is 25.5 Å². The van der Waals surface area contributed by atoms with Crippen LogP contribution in [0.3, 0.4) is 0 Å². The van der Waals surface area contributed by atoms with E-state index in [4.69, 9.17) is 11.6 Å². The van der Waals surface area contributed by atoms with Crippen LogP contribution in [0.2, 0.25) is 5.15 Å². The first-order valence-electron chi connectivity index (χ1n) is 5.44. The van der Waals surface area contributed by atoms with Crippen LogP contribution in [0.1, 0.15) is 19.0 Å². The summed E-state index contributed by atoms with van der Waals surface area (Å²) in [5.41, 5.74) is 1.30. The second kappa shape index (κ2) is 5.59. The summed E-state index contributed by atoms with van der Waals surface area (Å²) >= 11 is 5.98. The topological polar surface area (TPSA) is 83.6 Å².